The molecule has 0 fully saturated rings. The molecule has 26 heavy (non-hydrogen) atoms. The van der Waals surface area contributed by atoms with E-state index in [4.69, 9.17) is 4.42 Å². The largest absolute Gasteiger partial charge is 0.467 e. The molecule has 1 unspecified atom stereocenters. The molecule has 0 saturated heterocycles. The lowest BCUT2D eigenvalue weighted by Crippen LogP contribution is -2.43. The minimum Gasteiger partial charge on any atom is -0.467 e. The summed E-state index contributed by atoms with van der Waals surface area (Å²) in [6.07, 6.45) is -2.97. The maximum Gasteiger partial charge on any atom is 0.416 e. The first kappa shape index (κ1) is 19.5. The van der Waals surface area contributed by atoms with Crippen molar-refractivity contribution in [3.05, 3.63) is 59.5 Å². The predicted octanol–water partition coefficient (Wildman–Crippen LogP) is 2.98. The second kappa shape index (κ2) is 8.52. The molecule has 0 spiro atoms. The summed E-state index contributed by atoms with van der Waals surface area (Å²) in [6.45, 7) is 1.52. The van der Waals surface area contributed by atoms with Crippen molar-refractivity contribution in [2.24, 2.45) is 0 Å². The van der Waals surface area contributed by atoms with E-state index in [1.165, 1.54) is 18.4 Å². The Kier molecular flexibility index (Phi) is 6.40. The third kappa shape index (κ3) is 5.92. The van der Waals surface area contributed by atoms with Gasteiger partial charge in [0.25, 0.3) is 0 Å². The fourth-order valence-corrected chi connectivity index (χ4v) is 2.14. The standard InChI is InChI=1S/C17H18F3N3O3/c1-11(12-4-2-5-13(8-12)17(18,19)20)21-10-15(24)23-16(25)22-9-14-6-3-7-26-14/h2-8,11,21H,9-10H2,1H3,(H2,22,23,24,25). The van der Waals surface area contributed by atoms with Crippen molar-refractivity contribution in [1.82, 2.24) is 16.0 Å². The lowest BCUT2D eigenvalue weighted by molar-refractivity contribution is -0.137. The van der Waals surface area contributed by atoms with Crippen molar-refractivity contribution in [2.75, 3.05) is 6.54 Å². The lowest BCUT2D eigenvalue weighted by Gasteiger charge is -2.16. The van der Waals surface area contributed by atoms with Crippen molar-refractivity contribution >= 4 is 11.9 Å². The van der Waals surface area contributed by atoms with Crippen molar-refractivity contribution in [3.8, 4) is 0 Å². The number of carbonyl (C=O) groups is 2. The molecule has 2 rings (SSSR count). The Labute approximate surface area is 147 Å². The fraction of sp³-hybridized carbons (Fsp3) is 0.294. The number of imide groups is 1. The number of rotatable bonds is 6. The molecule has 0 aliphatic heterocycles. The van der Waals surface area contributed by atoms with Crippen LogP contribution in [0, 0.1) is 0 Å². The summed E-state index contributed by atoms with van der Waals surface area (Å²) >= 11 is 0. The van der Waals surface area contributed by atoms with Gasteiger partial charge in [0.15, 0.2) is 0 Å². The van der Waals surface area contributed by atoms with Gasteiger partial charge in [-0.25, -0.2) is 4.79 Å². The number of nitrogens with one attached hydrogen (secondary N) is 3. The quantitative estimate of drug-likeness (QED) is 0.731. The number of hydrogen-bond acceptors (Lipinski definition) is 4. The third-order valence-corrected chi connectivity index (χ3v) is 3.54. The van der Waals surface area contributed by atoms with Crippen LogP contribution >= 0.6 is 0 Å². The minimum absolute atomic E-state index is 0.125. The van der Waals surface area contributed by atoms with Crippen LogP contribution in [0.25, 0.3) is 0 Å². The van der Waals surface area contributed by atoms with E-state index in [-0.39, 0.29) is 13.1 Å². The van der Waals surface area contributed by atoms with Crippen molar-refractivity contribution in [1.29, 1.82) is 0 Å². The molecule has 0 aliphatic carbocycles. The van der Waals surface area contributed by atoms with E-state index in [0.717, 1.165) is 12.1 Å². The van der Waals surface area contributed by atoms with Crippen LogP contribution in [-0.4, -0.2) is 18.5 Å². The molecule has 0 bridgehead atoms. The minimum atomic E-state index is -4.43. The zero-order valence-corrected chi connectivity index (χ0v) is 13.9. The van der Waals surface area contributed by atoms with E-state index < -0.39 is 29.7 Å². The molecule has 3 amide bonds. The molecular weight excluding hydrogens is 351 g/mol. The van der Waals surface area contributed by atoms with E-state index in [1.807, 2.05) is 0 Å². The number of urea groups is 1. The van der Waals surface area contributed by atoms with Crippen LogP contribution in [0.2, 0.25) is 0 Å². The zero-order chi connectivity index (χ0) is 19.2. The number of alkyl halides is 3. The number of hydrogen-bond donors (Lipinski definition) is 3. The number of furan rings is 1. The van der Waals surface area contributed by atoms with Gasteiger partial charge in [-0.3, -0.25) is 10.1 Å². The van der Waals surface area contributed by atoms with E-state index in [0.29, 0.717) is 11.3 Å². The predicted molar refractivity (Wildman–Crippen MR) is 86.9 cm³/mol. The summed E-state index contributed by atoms with van der Waals surface area (Å²) in [7, 11) is 0. The van der Waals surface area contributed by atoms with E-state index in [1.54, 1.807) is 19.1 Å². The Bertz CT molecular complexity index is 745. The molecule has 140 valence electrons. The molecule has 6 nitrogen and oxygen atoms in total. The first-order chi connectivity index (χ1) is 12.3. The normalized spacial score (nSPS) is 12.5. The Hall–Kier alpha value is -2.81. The summed E-state index contributed by atoms with van der Waals surface area (Å²) in [6, 6.07) is 6.96. The SMILES string of the molecule is CC(NCC(=O)NC(=O)NCc1ccco1)c1cccc(C(F)(F)F)c1. The summed E-state index contributed by atoms with van der Waals surface area (Å²) in [4.78, 5) is 23.3. The first-order valence-corrected chi connectivity index (χ1v) is 7.76. The van der Waals surface area contributed by atoms with Crippen LogP contribution in [0.3, 0.4) is 0 Å². The average Bonchev–Trinajstić information content (AvgIpc) is 3.11. The maximum absolute atomic E-state index is 12.7. The average molecular weight is 369 g/mol. The molecular formula is C17H18F3N3O3. The number of benzene rings is 1. The third-order valence-electron chi connectivity index (χ3n) is 3.54. The fourth-order valence-electron chi connectivity index (χ4n) is 2.14. The van der Waals surface area contributed by atoms with Crippen LogP contribution in [0.1, 0.15) is 29.9 Å². The van der Waals surface area contributed by atoms with E-state index >= 15 is 0 Å². The Morgan fingerprint density at radius 3 is 2.62 bits per heavy atom. The van der Waals surface area contributed by atoms with Gasteiger partial charge in [0.2, 0.25) is 5.91 Å². The van der Waals surface area contributed by atoms with Crippen LogP contribution < -0.4 is 16.0 Å². The van der Waals surface area contributed by atoms with E-state index in [2.05, 4.69) is 16.0 Å². The maximum atomic E-state index is 12.7. The lowest BCUT2D eigenvalue weighted by atomic mass is 10.0. The number of amides is 3. The first-order valence-electron chi connectivity index (χ1n) is 7.76. The molecule has 1 aromatic carbocycles. The molecule has 1 aromatic heterocycles. The molecule has 3 N–H and O–H groups in total. The van der Waals surface area contributed by atoms with Gasteiger partial charge >= 0.3 is 12.2 Å². The van der Waals surface area contributed by atoms with Gasteiger partial charge < -0.3 is 15.1 Å². The van der Waals surface area contributed by atoms with Crippen LogP contribution in [-0.2, 0) is 17.5 Å². The Balaban J connectivity index is 1.78. The second-order valence-electron chi connectivity index (χ2n) is 5.54. The monoisotopic (exact) mass is 369 g/mol. The smallest absolute Gasteiger partial charge is 0.416 e. The van der Waals surface area contributed by atoms with Crippen molar-refractivity contribution in [3.63, 3.8) is 0 Å². The zero-order valence-electron chi connectivity index (χ0n) is 13.9. The van der Waals surface area contributed by atoms with Crippen LogP contribution in [0.5, 0.6) is 0 Å². The Morgan fingerprint density at radius 1 is 1.19 bits per heavy atom. The van der Waals surface area contributed by atoms with Gasteiger partial charge in [0, 0.05) is 6.04 Å². The molecule has 9 heteroatoms. The molecule has 0 radical (unpaired) electrons. The van der Waals surface area contributed by atoms with Crippen LogP contribution in [0.4, 0.5) is 18.0 Å². The summed E-state index contributed by atoms with van der Waals surface area (Å²) in [5, 5.41) is 7.33. The highest BCUT2D eigenvalue weighted by atomic mass is 19.4. The molecule has 0 aliphatic rings. The van der Waals surface area contributed by atoms with Gasteiger partial charge in [0.05, 0.1) is 24.9 Å². The summed E-state index contributed by atoms with van der Waals surface area (Å²) in [5.74, 6) is -0.0790. The Morgan fingerprint density at radius 2 is 1.96 bits per heavy atom. The van der Waals surface area contributed by atoms with Crippen LogP contribution in [0.15, 0.2) is 47.1 Å². The van der Waals surface area contributed by atoms with Gasteiger partial charge in [-0.05, 0) is 36.8 Å². The van der Waals surface area contributed by atoms with Crippen molar-refractivity contribution in [2.45, 2.75) is 25.7 Å². The highest BCUT2D eigenvalue weighted by Crippen LogP contribution is 2.30. The number of halogens is 3. The molecule has 1 heterocycles. The van der Waals surface area contributed by atoms with Gasteiger partial charge in [0.1, 0.15) is 5.76 Å². The van der Waals surface area contributed by atoms with E-state index in [9.17, 15) is 22.8 Å². The molecule has 2 aromatic rings. The van der Waals surface area contributed by atoms with Gasteiger partial charge in [-0.2, -0.15) is 13.2 Å². The summed E-state index contributed by atoms with van der Waals surface area (Å²) < 4.78 is 43.2. The topological polar surface area (TPSA) is 83.4 Å². The van der Waals surface area contributed by atoms with Gasteiger partial charge in [-0.15, -0.1) is 0 Å². The molecule has 1 atom stereocenters. The molecule has 0 saturated carbocycles. The number of carbonyl (C=O) groups excluding carboxylic acids is 2. The highest BCUT2D eigenvalue weighted by Gasteiger charge is 2.30. The summed E-state index contributed by atoms with van der Waals surface area (Å²) in [5.41, 5.74) is -0.375. The second-order valence-corrected chi connectivity index (χ2v) is 5.54. The highest BCUT2D eigenvalue weighted by molar-refractivity contribution is 5.95. The van der Waals surface area contributed by atoms with Gasteiger partial charge in [-0.1, -0.05) is 12.1 Å². The van der Waals surface area contributed by atoms with Crippen molar-refractivity contribution < 1.29 is 27.2 Å².